The maximum Gasteiger partial charge on any atom is 0.333 e. The monoisotopic (exact) mass is 1420 g/mol. The molecule has 0 aromatic rings. The van der Waals surface area contributed by atoms with Crippen molar-refractivity contribution in [3.63, 3.8) is 0 Å². The minimum absolute atomic E-state index is 0.242. The molecule has 0 fully saturated rings. The van der Waals surface area contributed by atoms with E-state index < -0.39 is 11.9 Å². The van der Waals surface area contributed by atoms with Crippen LogP contribution in [-0.2, 0) is 114 Å². The Kier molecular flexibility index (Phi) is 99.5. The van der Waals surface area contributed by atoms with Crippen LogP contribution >= 0.6 is 0 Å². The number of carbonyl (C=O) groups is 5. The number of rotatable bonds is 72. The number of esters is 5. The van der Waals surface area contributed by atoms with Crippen molar-refractivity contribution in [2.45, 2.75) is 177 Å². The minimum atomic E-state index is -0.430. The predicted molar refractivity (Wildman–Crippen MR) is 387 cm³/mol. The highest BCUT2D eigenvalue weighted by Crippen LogP contribution is 2.05. The smallest absolute Gasteiger partial charge is 0.333 e. The van der Waals surface area contributed by atoms with Crippen LogP contribution in [0.4, 0.5) is 0 Å². The van der Waals surface area contributed by atoms with Crippen LogP contribution in [-0.4, -0.2) is 248 Å². The van der Waals surface area contributed by atoms with Gasteiger partial charge in [0.05, 0.1) is 152 Å². The molecular formula is C75H140O24. The third-order valence-corrected chi connectivity index (χ3v) is 12.6. The quantitative estimate of drug-likeness (QED) is 0.0237. The lowest BCUT2D eigenvalue weighted by Crippen LogP contribution is -2.14. The van der Waals surface area contributed by atoms with E-state index in [1.165, 1.54) is 63.9 Å². The van der Waals surface area contributed by atoms with Gasteiger partial charge in [-0.1, -0.05) is 124 Å². The van der Waals surface area contributed by atoms with Crippen LogP contribution in [0.25, 0.3) is 0 Å². The molecular weight excluding hydrogens is 1280 g/mol. The lowest BCUT2D eigenvalue weighted by molar-refractivity contribution is -0.141. The Balaban J connectivity index is -0.000000373. The molecule has 0 radical (unpaired) electrons. The zero-order valence-electron chi connectivity index (χ0n) is 63.0. The second kappa shape index (κ2) is 95.5. The van der Waals surface area contributed by atoms with Crippen molar-refractivity contribution in [3.05, 3.63) is 62.3 Å². The van der Waals surface area contributed by atoms with Gasteiger partial charge in [0.15, 0.2) is 0 Å². The van der Waals surface area contributed by atoms with Crippen LogP contribution in [0.15, 0.2) is 62.3 Å². The summed E-state index contributed by atoms with van der Waals surface area (Å²) < 4.78 is 98.7. The summed E-state index contributed by atoms with van der Waals surface area (Å²) in [5.41, 5.74) is 0.847. The van der Waals surface area contributed by atoms with Gasteiger partial charge in [0.1, 0.15) is 19.8 Å². The Bertz CT molecular complexity index is 1650. The molecule has 0 spiro atoms. The summed E-state index contributed by atoms with van der Waals surface area (Å²) in [5, 5.41) is 0. The van der Waals surface area contributed by atoms with E-state index in [4.69, 9.17) is 90.0 Å². The van der Waals surface area contributed by atoms with Gasteiger partial charge in [-0.2, -0.15) is 0 Å². The Morgan fingerprint density at radius 2 is 0.394 bits per heavy atom. The van der Waals surface area contributed by atoms with E-state index in [1.807, 2.05) is 13.8 Å². The summed E-state index contributed by atoms with van der Waals surface area (Å²) in [7, 11) is 0. The van der Waals surface area contributed by atoms with Crippen molar-refractivity contribution in [1.82, 2.24) is 0 Å². The van der Waals surface area contributed by atoms with Crippen molar-refractivity contribution < 1.29 is 114 Å². The summed E-state index contributed by atoms with van der Waals surface area (Å²) in [6.45, 7) is 49.6. The summed E-state index contributed by atoms with van der Waals surface area (Å²) >= 11 is 0. The maximum atomic E-state index is 11.1. The molecule has 0 saturated heterocycles. The topological polar surface area (TPSA) is 261 Å². The Hall–Kier alpha value is -4.51. The van der Waals surface area contributed by atoms with Gasteiger partial charge in [-0.3, -0.25) is 0 Å². The first-order valence-electron chi connectivity index (χ1n) is 36.4. The molecule has 0 bridgehead atoms. The van der Waals surface area contributed by atoms with E-state index in [9.17, 15) is 24.0 Å². The molecule has 0 aromatic heterocycles. The number of ether oxygens (including phenoxy) is 19. The lowest BCUT2D eigenvalue weighted by Gasteiger charge is -2.07. The van der Waals surface area contributed by atoms with E-state index in [1.54, 1.807) is 13.8 Å². The fourth-order valence-corrected chi connectivity index (χ4v) is 7.14. The number of hydrogen-bond donors (Lipinski definition) is 0. The van der Waals surface area contributed by atoms with Crippen molar-refractivity contribution in [3.8, 4) is 0 Å². The fraction of sp³-hybridized carbons (Fsp3) is 0.800. The molecule has 0 rings (SSSR count). The molecule has 0 saturated carbocycles. The van der Waals surface area contributed by atoms with Gasteiger partial charge in [0, 0.05) is 75.6 Å². The van der Waals surface area contributed by atoms with Crippen LogP contribution in [0.3, 0.4) is 0 Å². The minimum Gasteiger partial charge on any atom is -0.463 e. The van der Waals surface area contributed by atoms with Gasteiger partial charge >= 0.3 is 29.8 Å². The Morgan fingerprint density at radius 1 is 0.222 bits per heavy atom. The van der Waals surface area contributed by atoms with Crippen LogP contribution in [0.2, 0.25) is 0 Å². The highest BCUT2D eigenvalue weighted by Gasteiger charge is 2.05. The highest BCUT2D eigenvalue weighted by atomic mass is 16.6. The van der Waals surface area contributed by atoms with E-state index in [2.05, 4.69) is 53.7 Å². The molecule has 24 nitrogen and oxygen atoms in total. The Labute approximate surface area is 598 Å². The van der Waals surface area contributed by atoms with E-state index in [-0.39, 0.29) is 37.7 Å². The number of carbonyl (C=O) groups excluding carboxylic acids is 5. The van der Waals surface area contributed by atoms with Crippen molar-refractivity contribution in [1.29, 1.82) is 0 Å². The summed E-state index contributed by atoms with van der Waals surface area (Å²) in [4.78, 5) is 54.2. The van der Waals surface area contributed by atoms with E-state index in [0.29, 0.717) is 163 Å². The molecule has 0 aliphatic rings. The average molecular weight is 1430 g/mol. The SMILES string of the molecule is C=C(C)C(=O)OCCCCCCOCCOCCOCC.C=C(C)C(=O)OCCOCCOCCOCCCCCC.C=CC(=O)OCCCCCCOCCOCCOCC.C=CC(=O)OCCOCCOCCCCCC.C=CC(=O)OCCOCCOCCOCCCCCC. The summed E-state index contributed by atoms with van der Waals surface area (Å²) in [6, 6.07) is 0. The fourth-order valence-electron chi connectivity index (χ4n) is 7.14. The largest absolute Gasteiger partial charge is 0.463 e. The highest BCUT2D eigenvalue weighted by molar-refractivity contribution is 5.87. The Morgan fingerprint density at radius 3 is 0.616 bits per heavy atom. The third kappa shape index (κ3) is 105. The first-order valence-corrected chi connectivity index (χ1v) is 36.4. The van der Waals surface area contributed by atoms with Crippen molar-refractivity contribution >= 4 is 29.8 Å². The molecule has 0 aliphatic carbocycles. The van der Waals surface area contributed by atoms with Crippen molar-refractivity contribution in [2.75, 3.05) is 218 Å². The molecule has 0 aliphatic heterocycles. The molecule has 99 heavy (non-hydrogen) atoms. The molecule has 0 atom stereocenters. The van der Waals surface area contributed by atoms with Gasteiger partial charge in [0.2, 0.25) is 0 Å². The van der Waals surface area contributed by atoms with E-state index >= 15 is 0 Å². The zero-order chi connectivity index (χ0) is 74.1. The second-order valence-electron chi connectivity index (χ2n) is 21.7. The molecule has 0 heterocycles. The molecule has 584 valence electrons. The average Bonchev–Trinajstić information content (AvgIpc) is 3.75. The van der Waals surface area contributed by atoms with Gasteiger partial charge in [-0.15, -0.1) is 0 Å². The normalized spacial score (nSPS) is 10.5. The maximum absolute atomic E-state index is 11.1. The molecule has 24 heteroatoms. The first-order chi connectivity index (χ1) is 48.3. The van der Waals surface area contributed by atoms with Gasteiger partial charge in [-0.25, -0.2) is 24.0 Å². The van der Waals surface area contributed by atoms with Crippen molar-refractivity contribution in [2.24, 2.45) is 0 Å². The molecule has 0 aromatic carbocycles. The summed E-state index contributed by atoms with van der Waals surface area (Å²) in [5.74, 6) is -1.88. The second-order valence-corrected chi connectivity index (χ2v) is 21.7. The predicted octanol–water partition coefficient (Wildman–Crippen LogP) is 12.5. The van der Waals surface area contributed by atoms with Gasteiger partial charge in [0.25, 0.3) is 0 Å². The van der Waals surface area contributed by atoms with Crippen LogP contribution in [0, 0.1) is 0 Å². The molecule has 0 unspecified atom stereocenters. The van der Waals surface area contributed by atoms with Crippen LogP contribution < -0.4 is 0 Å². The van der Waals surface area contributed by atoms with E-state index in [0.717, 1.165) is 129 Å². The molecule has 0 amide bonds. The lowest BCUT2D eigenvalue weighted by atomic mass is 10.2. The standard InChI is InChI=1S/2C16H30O5.2C15H28O5.C13H24O4/c1-4-18-11-12-20-14-13-19-9-7-5-6-8-10-21-16(17)15(2)3;1-4-5-6-7-8-18-9-10-19-11-12-20-13-14-21-16(17)15(2)3;1-3-15(16)20-10-8-6-5-7-9-18-13-14-19-12-11-17-4-2;1-3-5-6-7-8-17-9-10-18-11-12-19-13-14-20-15(16)4-2;1-3-5-6-7-8-15-9-10-16-11-12-17-13(14)4-2/h2*2,4-14H2,1,3H3;3H,1,4-14H2,2H3;4H,2-3,5-14H2,1H3;4H,2-3,5-12H2,1H3. The summed E-state index contributed by atoms with van der Waals surface area (Å²) in [6.07, 6.45) is 26.1. The van der Waals surface area contributed by atoms with Gasteiger partial charge in [-0.05, 0) is 85.5 Å². The van der Waals surface area contributed by atoms with Crippen LogP contribution in [0.1, 0.15) is 177 Å². The number of unbranched alkanes of at least 4 members (excludes halogenated alkanes) is 15. The van der Waals surface area contributed by atoms with Crippen LogP contribution in [0.5, 0.6) is 0 Å². The first kappa shape index (κ1) is 103. The third-order valence-electron chi connectivity index (χ3n) is 12.6. The number of hydrogen-bond acceptors (Lipinski definition) is 24. The zero-order valence-corrected chi connectivity index (χ0v) is 63.0. The van der Waals surface area contributed by atoms with Gasteiger partial charge < -0.3 is 90.0 Å². The molecule has 0 N–H and O–H groups in total.